The molecule has 0 amide bonds. The molecule has 0 spiro atoms. The van der Waals surface area contributed by atoms with E-state index in [0.29, 0.717) is 19.6 Å². The molecule has 1 rings (SSSR count). The monoisotopic (exact) mass is 192 g/mol. The maximum Gasteiger partial charge on any atom is 0.215 e. The summed E-state index contributed by atoms with van der Waals surface area (Å²) in [6.45, 7) is 5.62. The first kappa shape index (κ1) is 9.95. The van der Waals surface area contributed by atoms with Crippen molar-refractivity contribution in [2.24, 2.45) is 0 Å². The van der Waals surface area contributed by atoms with Gasteiger partial charge in [-0.05, 0) is 6.92 Å². The van der Waals surface area contributed by atoms with Gasteiger partial charge in [-0.2, -0.15) is 0 Å². The van der Waals surface area contributed by atoms with Crippen LogP contribution in [0.25, 0.3) is 0 Å². The summed E-state index contributed by atoms with van der Waals surface area (Å²) < 4.78 is 24.5. The first-order valence-corrected chi connectivity index (χ1v) is 5.88. The molecule has 1 heterocycles. The summed E-state index contributed by atoms with van der Waals surface area (Å²) in [6.07, 6.45) is 0. The zero-order chi connectivity index (χ0) is 9.19. The molecule has 0 aromatic heterocycles. The van der Waals surface area contributed by atoms with Gasteiger partial charge in [0.25, 0.3) is 0 Å². The van der Waals surface area contributed by atoms with E-state index in [9.17, 15) is 8.42 Å². The predicted molar refractivity (Wildman–Crippen MR) is 48.5 cm³/mol. The van der Waals surface area contributed by atoms with Crippen LogP contribution in [0.3, 0.4) is 0 Å². The molecule has 1 aliphatic rings. The molecule has 0 saturated carbocycles. The van der Waals surface area contributed by atoms with Crippen molar-refractivity contribution in [2.45, 2.75) is 19.9 Å². The Kier molecular flexibility index (Phi) is 3.09. The first-order valence-electron chi connectivity index (χ1n) is 4.27. The quantitative estimate of drug-likeness (QED) is 0.616. The summed E-state index contributed by atoms with van der Waals surface area (Å²) in [6, 6.07) is 0.266. The molecule has 72 valence electrons. The molecule has 1 N–H and O–H groups in total. The van der Waals surface area contributed by atoms with Crippen molar-refractivity contribution in [3.63, 3.8) is 0 Å². The second kappa shape index (κ2) is 3.72. The van der Waals surface area contributed by atoms with Gasteiger partial charge in [-0.15, -0.1) is 0 Å². The lowest BCUT2D eigenvalue weighted by molar-refractivity contribution is 0.396. The SMILES string of the molecule is CCN1CC(C)NCCS1(=O)=O. The van der Waals surface area contributed by atoms with Gasteiger partial charge in [0.2, 0.25) is 10.0 Å². The number of likely N-dealkylation sites (N-methyl/N-ethyl adjacent to an activating group) is 1. The van der Waals surface area contributed by atoms with Crippen LogP contribution in [-0.4, -0.2) is 44.2 Å². The van der Waals surface area contributed by atoms with Gasteiger partial charge in [0, 0.05) is 25.7 Å². The fraction of sp³-hybridized carbons (Fsp3) is 1.00. The maximum absolute atomic E-state index is 11.5. The highest BCUT2D eigenvalue weighted by Crippen LogP contribution is 2.05. The third-order valence-electron chi connectivity index (χ3n) is 2.08. The zero-order valence-electron chi connectivity index (χ0n) is 7.58. The smallest absolute Gasteiger partial charge is 0.215 e. The molecular weight excluding hydrogens is 176 g/mol. The fourth-order valence-corrected chi connectivity index (χ4v) is 2.85. The molecule has 1 aliphatic heterocycles. The van der Waals surface area contributed by atoms with E-state index < -0.39 is 10.0 Å². The molecule has 0 aromatic carbocycles. The lowest BCUT2D eigenvalue weighted by atomic mass is 10.3. The minimum absolute atomic E-state index is 0.227. The van der Waals surface area contributed by atoms with E-state index in [-0.39, 0.29) is 11.8 Å². The van der Waals surface area contributed by atoms with Crippen molar-refractivity contribution in [2.75, 3.05) is 25.4 Å². The molecule has 4 nitrogen and oxygen atoms in total. The Hall–Kier alpha value is -0.130. The Balaban J connectivity index is 2.77. The fourth-order valence-electron chi connectivity index (χ4n) is 1.37. The van der Waals surface area contributed by atoms with E-state index in [1.165, 1.54) is 4.31 Å². The van der Waals surface area contributed by atoms with Crippen molar-refractivity contribution >= 4 is 10.0 Å². The largest absolute Gasteiger partial charge is 0.312 e. The molecule has 0 radical (unpaired) electrons. The van der Waals surface area contributed by atoms with Gasteiger partial charge >= 0.3 is 0 Å². The van der Waals surface area contributed by atoms with Gasteiger partial charge in [-0.25, -0.2) is 12.7 Å². The first-order chi connectivity index (χ1) is 5.56. The molecule has 1 atom stereocenters. The predicted octanol–water partition coefficient (Wildman–Crippen LogP) is -0.370. The molecule has 12 heavy (non-hydrogen) atoms. The second-order valence-electron chi connectivity index (χ2n) is 3.12. The van der Waals surface area contributed by atoms with Gasteiger partial charge in [-0.1, -0.05) is 6.92 Å². The summed E-state index contributed by atoms with van der Waals surface area (Å²) >= 11 is 0. The molecule has 0 bridgehead atoms. The Morgan fingerprint density at radius 1 is 1.58 bits per heavy atom. The van der Waals surface area contributed by atoms with Gasteiger partial charge < -0.3 is 5.32 Å². The number of hydrogen-bond acceptors (Lipinski definition) is 3. The second-order valence-corrected chi connectivity index (χ2v) is 5.21. The van der Waals surface area contributed by atoms with E-state index >= 15 is 0 Å². The van der Waals surface area contributed by atoms with Crippen LogP contribution in [0.1, 0.15) is 13.8 Å². The van der Waals surface area contributed by atoms with Crippen LogP contribution in [0.2, 0.25) is 0 Å². The summed E-state index contributed by atoms with van der Waals surface area (Å²) in [4.78, 5) is 0. The average molecular weight is 192 g/mol. The highest BCUT2D eigenvalue weighted by Gasteiger charge is 2.24. The number of rotatable bonds is 1. The van der Waals surface area contributed by atoms with Crippen LogP contribution in [0.5, 0.6) is 0 Å². The molecule has 0 aliphatic carbocycles. The van der Waals surface area contributed by atoms with Crippen LogP contribution in [0.4, 0.5) is 0 Å². The summed E-state index contributed by atoms with van der Waals surface area (Å²) in [5.74, 6) is 0.227. The van der Waals surface area contributed by atoms with E-state index in [2.05, 4.69) is 5.32 Å². The standard InChI is InChI=1S/C7H16N2O2S/c1-3-9-6-7(2)8-4-5-12(9,10)11/h7-8H,3-6H2,1-2H3. The van der Waals surface area contributed by atoms with Crippen LogP contribution in [0, 0.1) is 0 Å². The lowest BCUT2D eigenvalue weighted by Gasteiger charge is -2.19. The van der Waals surface area contributed by atoms with Crippen molar-refractivity contribution in [1.29, 1.82) is 0 Å². The van der Waals surface area contributed by atoms with E-state index in [4.69, 9.17) is 0 Å². The number of hydrogen-bond donors (Lipinski definition) is 1. The van der Waals surface area contributed by atoms with E-state index in [1.807, 2.05) is 13.8 Å². The molecule has 1 fully saturated rings. The van der Waals surface area contributed by atoms with E-state index in [0.717, 1.165) is 0 Å². The Labute approximate surface area is 74.0 Å². The highest BCUT2D eigenvalue weighted by molar-refractivity contribution is 7.89. The minimum atomic E-state index is -2.97. The van der Waals surface area contributed by atoms with Crippen LogP contribution < -0.4 is 5.32 Å². The molecule has 0 aromatic rings. The number of nitrogens with zero attached hydrogens (tertiary/aromatic N) is 1. The molecular formula is C7H16N2O2S. The minimum Gasteiger partial charge on any atom is -0.312 e. The number of sulfonamides is 1. The zero-order valence-corrected chi connectivity index (χ0v) is 8.39. The van der Waals surface area contributed by atoms with Gasteiger partial charge in [-0.3, -0.25) is 0 Å². The maximum atomic E-state index is 11.5. The van der Waals surface area contributed by atoms with Crippen LogP contribution >= 0.6 is 0 Å². The third-order valence-corrected chi connectivity index (χ3v) is 3.99. The van der Waals surface area contributed by atoms with Gasteiger partial charge in [0.15, 0.2) is 0 Å². The topological polar surface area (TPSA) is 49.4 Å². The number of nitrogens with one attached hydrogen (secondary N) is 1. The summed E-state index contributed by atoms with van der Waals surface area (Å²) in [5.41, 5.74) is 0. The van der Waals surface area contributed by atoms with Crippen LogP contribution in [0.15, 0.2) is 0 Å². The van der Waals surface area contributed by atoms with Crippen molar-refractivity contribution in [3.05, 3.63) is 0 Å². The average Bonchev–Trinajstić information content (AvgIpc) is 2.10. The Morgan fingerprint density at radius 2 is 2.25 bits per heavy atom. The highest BCUT2D eigenvalue weighted by atomic mass is 32.2. The normalized spacial score (nSPS) is 31.3. The molecule has 1 unspecified atom stereocenters. The van der Waals surface area contributed by atoms with Crippen molar-refractivity contribution in [3.8, 4) is 0 Å². The molecule has 5 heteroatoms. The Morgan fingerprint density at radius 3 is 2.83 bits per heavy atom. The van der Waals surface area contributed by atoms with Gasteiger partial charge in [0.05, 0.1) is 5.75 Å². The third kappa shape index (κ3) is 2.18. The van der Waals surface area contributed by atoms with Gasteiger partial charge in [0.1, 0.15) is 0 Å². The van der Waals surface area contributed by atoms with Crippen LogP contribution in [-0.2, 0) is 10.0 Å². The summed E-state index contributed by atoms with van der Waals surface area (Å²) in [7, 11) is -2.97. The molecule has 1 saturated heterocycles. The summed E-state index contributed by atoms with van der Waals surface area (Å²) in [5, 5.41) is 3.14. The Bertz CT molecular complexity index is 238. The van der Waals surface area contributed by atoms with Crippen molar-refractivity contribution in [1.82, 2.24) is 9.62 Å². The van der Waals surface area contributed by atoms with Crippen molar-refractivity contribution < 1.29 is 8.42 Å². The lowest BCUT2D eigenvalue weighted by Crippen LogP contribution is -2.37. The van der Waals surface area contributed by atoms with E-state index in [1.54, 1.807) is 0 Å².